The average molecular weight is 426 g/mol. The molecule has 2 aromatic carbocycles. The number of carbonyl (C=O) groups is 2. The zero-order valence-corrected chi connectivity index (χ0v) is 16.3. The predicted octanol–water partition coefficient (Wildman–Crippen LogP) is 4.07. The minimum absolute atomic E-state index is 0. The molecule has 106 valence electrons. The van der Waals surface area contributed by atoms with Crippen LogP contribution in [0.25, 0.3) is 0 Å². The second kappa shape index (κ2) is 9.75. The fraction of sp³-hybridized carbons (Fsp3) is 0. The van der Waals surface area contributed by atoms with Crippen LogP contribution < -0.4 is 0 Å². The van der Waals surface area contributed by atoms with Crippen molar-refractivity contribution in [3.63, 3.8) is 0 Å². The molecule has 0 aliphatic carbocycles. The first-order valence-electron chi connectivity index (χ1n) is 5.39. The molecule has 0 saturated carbocycles. The Labute approximate surface area is 151 Å². The van der Waals surface area contributed by atoms with Crippen LogP contribution in [-0.4, -0.2) is 22.2 Å². The van der Waals surface area contributed by atoms with Crippen molar-refractivity contribution in [1.82, 2.24) is 0 Å². The van der Waals surface area contributed by atoms with Gasteiger partial charge in [0.15, 0.2) is 0 Å². The van der Waals surface area contributed by atoms with Gasteiger partial charge in [0.05, 0.1) is 21.2 Å². The maximum absolute atomic E-state index is 10.3. The Morgan fingerprint density at radius 3 is 1.19 bits per heavy atom. The van der Waals surface area contributed by atoms with Crippen LogP contribution in [0.1, 0.15) is 20.7 Å². The molecule has 0 atom stereocenters. The van der Waals surface area contributed by atoms with Crippen molar-refractivity contribution < 1.29 is 47.1 Å². The van der Waals surface area contributed by atoms with Gasteiger partial charge in [-0.1, -0.05) is 47.5 Å². The van der Waals surface area contributed by atoms with E-state index >= 15 is 0 Å². The number of aromatic carboxylic acids is 2. The number of carboxylic acids is 2. The van der Waals surface area contributed by atoms with Crippen LogP contribution in [0.5, 0.6) is 0 Å². The molecule has 0 aliphatic rings. The van der Waals surface area contributed by atoms with E-state index in [0.29, 0.717) is 0 Å². The van der Waals surface area contributed by atoms with Gasteiger partial charge < -0.3 is 10.2 Å². The number of hydrogen-bond donors (Lipinski definition) is 2. The van der Waals surface area contributed by atoms with Crippen LogP contribution in [0.4, 0.5) is 0 Å². The summed E-state index contributed by atoms with van der Waals surface area (Å²) in [4.78, 5) is 20.7. The molecule has 2 aromatic rings. The molecule has 0 saturated heterocycles. The van der Waals surface area contributed by atoms with Crippen molar-refractivity contribution in [2.75, 3.05) is 0 Å². The molecule has 0 spiro atoms. The molecule has 0 unspecified atom stereocenters. The Kier molecular flexibility index (Phi) is 9.23. The van der Waals surface area contributed by atoms with Crippen molar-refractivity contribution in [1.29, 1.82) is 0 Å². The fourth-order valence-corrected chi connectivity index (χ4v) is 1.70. The molecular weight excluding hydrogens is 415 g/mol. The van der Waals surface area contributed by atoms with Crippen molar-refractivity contribution in [3.8, 4) is 0 Å². The van der Waals surface area contributed by atoms with Crippen molar-refractivity contribution in [2.45, 2.75) is 0 Å². The molecule has 2 N–H and O–H groups in total. The van der Waals surface area contributed by atoms with Gasteiger partial charge in [-0.3, -0.25) is 0 Å². The SMILES string of the molecule is O=C(O)c1ccccc1Cl.O=C(O)c1ccccc1Cl.[Cd]. The van der Waals surface area contributed by atoms with Crippen molar-refractivity contribution >= 4 is 35.1 Å². The smallest absolute Gasteiger partial charge is 0.337 e. The molecular formula is C14H10CdCl2O4. The quantitative estimate of drug-likeness (QED) is 0.711. The normalized spacial score (nSPS) is 8.86. The third kappa shape index (κ3) is 6.45. The summed E-state index contributed by atoms with van der Waals surface area (Å²) in [5.41, 5.74) is 0.285. The molecule has 4 nitrogen and oxygen atoms in total. The number of carboxylic acid groups (broad SMARTS) is 2. The second-order valence-electron chi connectivity index (χ2n) is 3.57. The van der Waals surface area contributed by atoms with Gasteiger partial charge in [0.1, 0.15) is 0 Å². The third-order valence-electron chi connectivity index (χ3n) is 2.21. The van der Waals surface area contributed by atoms with E-state index in [1.165, 1.54) is 12.1 Å². The fourth-order valence-electron chi connectivity index (χ4n) is 1.27. The van der Waals surface area contributed by atoms with E-state index in [1.54, 1.807) is 36.4 Å². The van der Waals surface area contributed by atoms with Crippen molar-refractivity contribution in [2.24, 2.45) is 0 Å². The first-order chi connectivity index (χ1) is 9.43. The van der Waals surface area contributed by atoms with E-state index in [-0.39, 0.29) is 48.5 Å². The maximum Gasteiger partial charge on any atom is 0.337 e. The first-order valence-corrected chi connectivity index (χ1v) is 6.14. The Morgan fingerprint density at radius 1 is 0.714 bits per heavy atom. The van der Waals surface area contributed by atoms with Gasteiger partial charge >= 0.3 is 11.9 Å². The minimum Gasteiger partial charge on any atom is -0.478 e. The van der Waals surface area contributed by atoms with E-state index < -0.39 is 11.9 Å². The number of benzene rings is 2. The van der Waals surface area contributed by atoms with Gasteiger partial charge in [-0.2, -0.15) is 0 Å². The van der Waals surface area contributed by atoms with E-state index in [0.717, 1.165) is 0 Å². The van der Waals surface area contributed by atoms with Gasteiger partial charge in [0, 0.05) is 27.3 Å². The molecule has 2 rings (SSSR count). The van der Waals surface area contributed by atoms with E-state index in [2.05, 4.69) is 0 Å². The van der Waals surface area contributed by atoms with Crippen LogP contribution in [0, 0.1) is 0 Å². The monoisotopic (exact) mass is 426 g/mol. The molecule has 0 fully saturated rings. The summed E-state index contributed by atoms with van der Waals surface area (Å²) in [6.45, 7) is 0. The average Bonchev–Trinajstić information content (AvgIpc) is 2.40. The van der Waals surface area contributed by atoms with E-state index in [9.17, 15) is 9.59 Å². The first kappa shape index (κ1) is 19.9. The molecule has 0 bridgehead atoms. The van der Waals surface area contributed by atoms with Gasteiger partial charge in [0.2, 0.25) is 0 Å². The summed E-state index contributed by atoms with van der Waals surface area (Å²) in [6.07, 6.45) is 0. The molecule has 7 heteroatoms. The predicted molar refractivity (Wildman–Crippen MR) is 76.8 cm³/mol. The van der Waals surface area contributed by atoms with E-state index in [4.69, 9.17) is 33.4 Å². The maximum atomic E-state index is 10.3. The molecule has 21 heavy (non-hydrogen) atoms. The number of hydrogen-bond acceptors (Lipinski definition) is 2. The summed E-state index contributed by atoms with van der Waals surface area (Å²) in [5, 5.41) is 17.5. The van der Waals surface area contributed by atoms with Gasteiger partial charge in [-0.05, 0) is 24.3 Å². The standard InChI is InChI=1S/2C7H5ClO2.Cd/c2*8-6-4-2-1-3-5(6)7(9)10;/h2*1-4H,(H,9,10);. The Morgan fingerprint density at radius 2 is 1.00 bits per heavy atom. The van der Waals surface area contributed by atoms with E-state index in [1.807, 2.05) is 0 Å². The van der Waals surface area contributed by atoms with Gasteiger partial charge in [-0.25, -0.2) is 9.59 Å². The van der Waals surface area contributed by atoms with Gasteiger partial charge in [-0.15, -0.1) is 0 Å². The molecule has 0 radical (unpaired) electrons. The minimum atomic E-state index is -0.995. The second-order valence-corrected chi connectivity index (χ2v) is 4.38. The molecule has 0 amide bonds. The summed E-state index contributed by atoms with van der Waals surface area (Å²) in [6, 6.07) is 12.7. The topological polar surface area (TPSA) is 74.6 Å². The third-order valence-corrected chi connectivity index (χ3v) is 2.87. The summed E-state index contributed by atoms with van der Waals surface area (Å²) in [5.74, 6) is -1.99. The van der Waals surface area contributed by atoms with Gasteiger partial charge in [0.25, 0.3) is 0 Å². The zero-order valence-electron chi connectivity index (χ0n) is 10.8. The molecule has 0 aromatic heterocycles. The Balaban J connectivity index is 0.000000364. The van der Waals surface area contributed by atoms with Crippen LogP contribution in [0.3, 0.4) is 0 Å². The van der Waals surface area contributed by atoms with Crippen LogP contribution >= 0.6 is 23.2 Å². The largest absolute Gasteiger partial charge is 0.478 e. The molecule has 0 heterocycles. The van der Waals surface area contributed by atoms with Crippen LogP contribution in [0.2, 0.25) is 10.0 Å². The van der Waals surface area contributed by atoms with Crippen LogP contribution in [0.15, 0.2) is 48.5 Å². The number of rotatable bonds is 2. The summed E-state index contributed by atoms with van der Waals surface area (Å²) in [7, 11) is 0. The summed E-state index contributed by atoms with van der Waals surface area (Å²) < 4.78 is 0. The molecule has 0 aliphatic heterocycles. The van der Waals surface area contributed by atoms with Crippen molar-refractivity contribution in [3.05, 3.63) is 69.7 Å². The zero-order chi connectivity index (χ0) is 15.1. The Hall–Kier alpha value is -1.12. The Bertz CT molecular complexity index is 576. The summed E-state index contributed by atoms with van der Waals surface area (Å²) >= 11 is 11.1. The van der Waals surface area contributed by atoms with Crippen LogP contribution in [-0.2, 0) is 27.3 Å². The number of halogens is 2.